The molecule has 0 saturated heterocycles. The van der Waals surface area contributed by atoms with Gasteiger partial charge in [0.25, 0.3) is 5.56 Å². The first-order chi connectivity index (χ1) is 13.3. The zero-order chi connectivity index (χ0) is 18.2. The second kappa shape index (κ2) is 6.17. The normalized spacial score (nSPS) is 11.3. The van der Waals surface area contributed by atoms with E-state index in [0.29, 0.717) is 17.6 Å². The lowest BCUT2D eigenvalue weighted by molar-refractivity contribution is 0.747. The van der Waals surface area contributed by atoms with Crippen molar-refractivity contribution in [1.29, 1.82) is 0 Å². The van der Waals surface area contributed by atoms with Crippen LogP contribution in [0.5, 0.6) is 0 Å². The van der Waals surface area contributed by atoms with Crippen LogP contribution in [0.1, 0.15) is 5.56 Å². The van der Waals surface area contributed by atoms with Crippen molar-refractivity contribution < 1.29 is 0 Å². The number of fused-ring (bicyclic) bond motifs is 2. The van der Waals surface area contributed by atoms with Crippen LogP contribution in [-0.4, -0.2) is 23.9 Å². The summed E-state index contributed by atoms with van der Waals surface area (Å²) in [6.45, 7) is 0.462. The van der Waals surface area contributed by atoms with Crippen LogP contribution >= 0.6 is 0 Å². The van der Waals surface area contributed by atoms with Crippen molar-refractivity contribution in [3.05, 3.63) is 95.4 Å². The standard InChI is InChI=1S/C21H15N5O/c27-21-17-4-3-10-22-20(17)24-14-25(21)13-15-6-8-16(9-7-15)18-12-23-19-5-1-2-11-26(18)19/h1-12,14H,13H2. The Labute approximate surface area is 154 Å². The highest BCUT2D eigenvalue weighted by atomic mass is 16.1. The van der Waals surface area contributed by atoms with Crippen LogP contribution in [0.3, 0.4) is 0 Å². The maximum Gasteiger partial charge on any atom is 0.263 e. The number of aromatic nitrogens is 5. The highest BCUT2D eigenvalue weighted by Crippen LogP contribution is 2.21. The summed E-state index contributed by atoms with van der Waals surface area (Å²) in [5.74, 6) is 0. The van der Waals surface area contributed by atoms with E-state index in [1.54, 1.807) is 29.2 Å². The summed E-state index contributed by atoms with van der Waals surface area (Å²) < 4.78 is 3.66. The smallest absolute Gasteiger partial charge is 0.263 e. The van der Waals surface area contributed by atoms with Gasteiger partial charge in [0.1, 0.15) is 12.0 Å². The van der Waals surface area contributed by atoms with Gasteiger partial charge in [0.15, 0.2) is 5.65 Å². The summed E-state index contributed by atoms with van der Waals surface area (Å²) in [5.41, 5.74) is 4.44. The molecule has 5 rings (SSSR count). The summed E-state index contributed by atoms with van der Waals surface area (Å²) in [4.78, 5) is 25.4. The molecular formula is C21H15N5O. The third kappa shape index (κ3) is 2.67. The van der Waals surface area contributed by atoms with Gasteiger partial charge in [-0.2, -0.15) is 0 Å². The van der Waals surface area contributed by atoms with Crippen molar-refractivity contribution in [2.45, 2.75) is 6.54 Å². The molecule has 0 aliphatic rings. The van der Waals surface area contributed by atoms with E-state index in [0.717, 1.165) is 22.5 Å². The summed E-state index contributed by atoms with van der Waals surface area (Å²) >= 11 is 0. The Balaban J connectivity index is 1.48. The molecule has 0 spiro atoms. The summed E-state index contributed by atoms with van der Waals surface area (Å²) in [7, 11) is 0. The van der Waals surface area contributed by atoms with E-state index in [9.17, 15) is 4.79 Å². The van der Waals surface area contributed by atoms with E-state index in [1.165, 1.54) is 0 Å². The maximum absolute atomic E-state index is 12.6. The Morgan fingerprint density at radius 1 is 0.889 bits per heavy atom. The zero-order valence-corrected chi connectivity index (χ0v) is 14.4. The largest absolute Gasteiger partial charge is 0.300 e. The highest BCUT2D eigenvalue weighted by molar-refractivity contribution is 5.72. The molecule has 0 unspecified atom stereocenters. The minimum absolute atomic E-state index is 0.0843. The molecule has 0 atom stereocenters. The molecule has 0 fully saturated rings. The molecule has 0 aliphatic carbocycles. The van der Waals surface area contributed by atoms with Crippen molar-refractivity contribution in [3.63, 3.8) is 0 Å². The molecule has 4 aromatic heterocycles. The van der Waals surface area contributed by atoms with Crippen LogP contribution in [0.2, 0.25) is 0 Å². The maximum atomic E-state index is 12.6. The molecule has 0 N–H and O–H groups in total. The average molecular weight is 353 g/mol. The molecule has 0 bridgehead atoms. The number of rotatable bonds is 3. The summed E-state index contributed by atoms with van der Waals surface area (Å²) in [5, 5.41) is 0.530. The topological polar surface area (TPSA) is 65.1 Å². The van der Waals surface area contributed by atoms with Crippen molar-refractivity contribution in [3.8, 4) is 11.3 Å². The lowest BCUT2D eigenvalue weighted by Crippen LogP contribution is -2.21. The fraction of sp³-hybridized carbons (Fsp3) is 0.0476. The van der Waals surface area contributed by atoms with E-state index in [1.807, 2.05) is 54.9 Å². The number of hydrogen-bond donors (Lipinski definition) is 0. The SMILES string of the molecule is O=c1c2cccnc2ncn1Cc1ccc(-c2cnc3ccccn23)cc1. The zero-order valence-electron chi connectivity index (χ0n) is 14.4. The predicted molar refractivity (Wildman–Crippen MR) is 104 cm³/mol. The van der Waals surface area contributed by atoms with Gasteiger partial charge in [0, 0.05) is 18.0 Å². The molecule has 27 heavy (non-hydrogen) atoms. The number of hydrogen-bond acceptors (Lipinski definition) is 4. The first-order valence-corrected chi connectivity index (χ1v) is 8.61. The quantitative estimate of drug-likeness (QED) is 0.500. The van der Waals surface area contributed by atoms with Gasteiger partial charge in [-0.1, -0.05) is 30.3 Å². The van der Waals surface area contributed by atoms with Gasteiger partial charge in [-0.25, -0.2) is 15.0 Å². The third-order valence-corrected chi connectivity index (χ3v) is 4.62. The first-order valence-electron chi connectivity index (χ1n) is 8.61. The number of nitrogens with zero attached hydrogens (tertiary/aromatic N) is 5. The lowest BCUT2D eigenvalue weighted by Gasteiger charge is -2.08. The summed E-state index contributed by atoms with van der Waals surface area (Å²) in [6.07, 6.45) is 7.06. The Morgan fingerprint density at radius 2 is 1.78 bits per heavy atom. The van der Waals surface area contributed by atoms with E-state index in [-0.39, 0.29) is 5.56 Å². The molecule has 0 saturated carbocycles. The van der Waals surface area contributed by atoms with Crippen LogP contribution in [-0.2, 0) is 6.54 Å². The van der Waals surface area contributed by atoms with Crippen LogP contribution in [0, 0.1) is 0 Å². The second-order valence-electron chi connectivity index (χ2n) is 6.32. The third-order valence-electron chi connectivity index (χ3n) is 4.62. The first kappa shape index (κ1) is 15.5. The van der Waals surface area contributed by atoms with Gasteiger partial charge in [0.05, 0.1) is 23.8 Å². The fourth-order valence-electron chi connectivity index (χ4n) is 3.23. The van der Waals surface area contributed by atoms with Crippen LogP contribution in [0.15, 0.2) is 84.3 Å². The number of imidazole rings is 1. The van der Waals surface area contributed by atoms with Crippen molar-refractivity contribution in [2.24, 2.45) is 0 Å². The molecular weight excluding hydrogens is 338 g/mol. The Morgan fingerprint density at radius 3 is 2.67 bits per heavy atom. The van der Waals surface area contributed by atoms with Crippen molar-refractivity contribution in [2.75, 3.05) is 0 Å². The predicted octanol–water partition coefficient (Wildman–Crippen LogP) is 3.15. The minimum Gasteiger partial charge on any atom is -0.300 e. The Bertz CT molecular complexity index is 1320. The average Bonchev–Trinajstić information content (AvgIpc) is 3.15. The molecule has 130 valence electrons. The fourth-order valence-corrected chi connectivity index (χ4v) is 3.23. The highest BCUT2D eigenvalue weighted by Gasteiger charge is 2.07. The molecule has 4 heterocycles. The molecule has 0 radical (unpaired) electrons. The lowest BCUT2D eigenvalue weighted by atomic mass is 10.1. The van der Waals surface area contributed by atoms with Crippen molar-refractivity contribution >= 4 is 16.7 Å². The van der Waals surface area contributed by atoms with Gasteiger partial charge >= 0.3 is 0 Å². The minimum atomic E-state index is -0.0843. The van der Waals surface area contributed by atoms with Crippen LogP contribution in [0.25, 0.3) is 27.9 Å². The van der Waals surface area contributed by atoms with Gasteiger partial charge in [-0.05, 0) is 29.8 Å². The molecule has 0 amide bonds. The molecule has 6 nitrogen and oxygen atoms in total. The molecule has 5 aromatic rings. The second-order valence-corrected chi connectivity index (χ2v) is 6.32. The number of pyridine rings is 2. The van der Waals surface area contributed by atoms with E-state index in [2.05, 4.69) is 19.4 Å². The van der Waals surface area contributed by atoms with Gasteiger partial charge in [0.2, 0.25) is 0 Å². The van der Waals surface area contributed by atoms with Crippen molar-refractivity contribution in [1.82, 2.24) is 23.9 Å². The Kier molecular flexibility index (Phi) is 3.53. The van der Waals surface area contributed by atoms with Gasteiger partial charge in [-0.15, -0.1) is 0 Å². The molecule has 1 aromatic carbocycles. The van der Waals surface area contributed by atoms with E-state index >= 15 is 0 Å². The van der Waals surface area contributed by atoms with E-state index < -0.39 is 0 Å². The van der Waals surface area contributed by atoms with Gasteiger partial charge < -0.3 is 0 Å². The molecule has 6 heteroatoms. The monoisotopic (exact) mass is 353 g/mol. The van der Waals surface area contributed by atoms with Gasteiger partial charge in [-0.3, -0.25) is 13.8 Å². The Hall–Kier alpha value is -3.80. The summed E-state index contributed by atoms with van der Waals surface area (Å²) in [6, 6.07) is 17.6. The van der Waals surface area contributed by atoms with E-state index in [4.69, 9.17) is 0 Å². The number of benzene rings is 1. The van der Waals surface area contributed by atoms with Crippen LogP contribution < -0.4 is 5.56 Å². The van der Waals surface area contributed by atoms with Crippen LogP contribution in [0.4, 0.5) is 0 Å². The molecule has 0 aliphatic heterocycles.